The number of nitrogens with one attached hydrogen (secondary N) is 1. The minimum Gasteiger partial charge on any atom is -0.481 e. The van der Waals surface area contributed by atoms with Gasteiger partial charge in [0.15, 0.2) is 5.16 Å². The van der Waals surface area contributed by atoms with Crippen molar-refractivity contribution in [2.24, 2.45) is 0 Å². The topological polar surface area (TPSA) is 75.1 Å². The Kier molecular flexibility index (Phi) is 5.37. The highest BCUT2D eigenvalue weighted by Gasteiger charge is 2.09. The Labute approximate surface area is 125 Å². The van der Waals surface area contributed by atoms with Crippen molar-refractivity contribution in [2.75, 3.05) is 17.6 Å². The number of carboxylic acids is 1. The molecule has 2 aromatic rings. The molecule has 7 heteroatoms. The van der Waals surface area contributed by atoms with Gasteiger partial charge in [-0.15, -0.1) is 11.3 Å². The van der Waals surface area contributed by atoms with Gasteiger partial charge in [-0.3, -0.25) is 4.79 Å². The molecule has 0 aliphatic carbocycles. The maximum absolute atomic E-state index is 10.6. The summed E-state index contributed by atoms with van der Waals surface area (Å²) in [4.78, 5) is 20.4. The van der Waals surface area contributed by atoms with Gasteiger partial charge in [-0.25, -0.2) is 9.97 Å². The molecular weight excluding hydrogens is 294 g/mol. The number of hydrogen-bond acceptors (Lipinski definition) is 6. The van der Waals surface area contributed by atoms with E-state index in [2.05, 4.69) is 21.4 Å². The van der Waals surface area contributed by atoms with Crippen LogP contribution in [0.2, 0.25) is 0 Å². The van der Waals surface area contributed by atoms with E-state index in [9.17, 15) is 4.79 Å². The van der Waals surface area contributed by atoms with Crippen LogP contribution in [-0.4, -0.2) is 33.3 Å². The van der Waals surface area contributed by atoms with Gasteiger partial charge in [0, 0.05) is 29.6 Å². The first-order valence-electron chi connectivity index (χ1n) is 6.15. The van der Waals surface area contributed by atoms with Gasteiger partial charge in [0.1, 0.15) is 5.82 Å². The van der Waals surface area contributed by atoms with Gasteiger partial charge >= 0.3 is 5.97 Å². The van der Waals surface area contributed by atoms with Crippen LogP contribution in [0.3, 0.4) is 0 Å². The Morgan fingerprint density at radius 3 is 3.05 bits per heavy atom. The van der Waals surface area contributed by atoms with Crippen LogP contribution < -0.4 is 5.32 Å². The molecule has 0 aromatic carbocycles. The molecule has 2 rings (SSSR count). The standard InChI is InChI=1S/C13H15N3O2S2/c1-2-14-12-9(6-10-4-3-5-19-10)7-15-13(16-12)20-8-11(17)18/h3-5,7H,2,6,8H2,1H3,(H,17,18)(H,14,15,16). The Balaban J connectivity index is 2.16. The summed E-state index contributed by atoms with van der Waals surface area (Å²) < 4.78 is 0. The third kappa shape index (κ3) is 4.21. The summed E-state index contributed by atoms with van der Waals surface area (Å²) in [5, 5.41) is 14.4. The summed E-state index contributed by atoms with van der Waals surface area (Å²) in [5.41, 5.74) is 1.02. The molecule has 0 saturated carbocycles. The lowest BCUT2D eigenvalue weighted by Gasteiger charge is -2.10. The van der Waals surface area contributed by atoms with Crippen molar-refractivity contribution in [1.29, 1.82) is 0 Å². The summed E-state index contributed by atoms with van der Waals surface area (Å²) in [6, 6.07) is 4.10. The smallest absolute Gasteiger partial charge is 0.313 e. The Hall–Kier alpha value is -1.60. The van der Waals surface area contributed by atoms with Gasteiger partial charge in [-0.1, -0.05) is 17.8 Å². The van der Waals surface area contributed by atoms with E-state index in [-0.39, 0.29) is 5.75 Å². The molecule has 2 N–H and O–H groups in total. The quantitative estimate of drug-likeness (QED) is 0.605. The molecule has 0 amide bonds. The number of carboxylic acid groups (broad SMARTS) is 1. The maximum atomic E-state index is 10.6. The van der Waals surface area contributed by atoms with E-state index in [4.69, 9.17) is 5.11 Å². The summed E-state index contributed by atoms with van der Waals surface area (Å²) in [7, 11) is 0. The molecule has 0 spiro atoms. The minimum atomic E-state index is -0.869. The number of carbonyl (C=O) groups is 1. The van der Waals surface area contributed by atoms with Crippen LogP contribution in [0.4, 0.5) is 5.82 Å². The van der Waals surface area contributed by atoms with Gasteiger partial charge < -0.3 is 10.4 Å². The van der Waals surface area contributed by atoms with Crippen LogP contribution >= 0.6 is 23.1 Å². The second-order valence-electron chi connectivity index (χ2n) is 4.00. The molecule has 0 saturated heterocycles. The fourth-order valence-corrected chi connectivity index (χ4v) is 2.90. The van der Waals surface area contributed by atoms with Gasteiger partial charge in [0.05, 0.1) is 5.75 Å². The maximum Gasteiger partial charge on any atom is 0.313 e. The lowest BCUT2D eigenvalue weighted by Crippen LogP contribution is -2.06. The van der Waals surface area contributed by atoms with Crippen LogP contribution in [-0.2, 0) is 11.2 Å². The summed E-state index contributed by atoms with van der Waals surface area (Å²) in [5.74, 6) is -0.120. The van der Waals surface area contributed by atoms with Crippen LogP contribution in [0.15, 0.2) is 28.9 Å². The molecule has 20 heavy (non-hydrogen) atoms. The normalized spacial score (nSPS) is 10.4. The molecule has 0 unspecified atom stereocenters. The van der Waals surface area contributed by atoms with E-state index in [0.717, 1.165) is 36.1 Å². The number of nitrogens with zero attached hydrogens (tertiary/aromatic N) is 2. The third-order valence-electron chi connectivity index (χ3n) is 2.46. The van der Waals surface area contributed by atoms with Crippen molar-refractivity contribution in [2.45, 2.75) is 18.5 Å². The fourth-order valence-electron chi connectivity index (χ4n) is 1.64. The van der Waals surface area contributed by atoms with Crippen molar-refractivity contribution in [3.05, 3.63) is 34.2 Å². The number of hydrogen-bond donors (Lipinski definition) is 2. The molecule has 5 nitrogen and oxygen atoms in total. The predicted octanol–water partition coefficient (Wildman–Crippen LogP) is 2.74. The third-order valence-corrected chi connectivity index (χ3v) is 4.18. The van der Waals surface area contributed by atoms with Crippen LogP contribution in [0, 0.1) is 0 Å². The zero-order valence-corrected chi connectivity index (χ0v) is 12.6. The molecule has 0 bridgehead atoms. The highest BCUT2D eigenvalue weighted by atomic mass is 32.2. The lowest BCUT2D eigenvalue weighted by molar-refractivity contribution is -0.133. The van der Waals surface area contributed by atoms with Crippen LogP contribution in [0.1, 0.15) is 17.4 Å². The highest BCUT2D eigenvalue weighted by Crippen LogP contribution is 2.22. The van der Waals surface area contributed by atoms with Crippen LogP contribution in [0.25, 0.3) is 0 Å². The molecule has 0 aliphatic rings. The van der Waals surface area contributed by atoms with E-state index >= 15 is 0 Å². The Morgan fingerprint density at radius 2 is 2.40 bits per heavy atom. The van der Waals surface area contributed by atoms with Crippen LogP contribution in [0.5, 0.6) is 0 Å². The molecular formula is C13H15N3O2S2. The van der Waals surface area contributed by atoms with Gasteiger partial charge in [-0.05, 0) is 18.4 Å². The zero-order valence-electron chi connectivity index (χ0n) is 11.0. The molecule has 2 aromatic heterocycles. The number of aliphatic carboxylic acids is 1. The molecule has 0 fully saturated rings. The van der Waals surface area contributed by atoms with E-state index < -0.39 is 5.97 Å². The first-order chi connectivity index (χ1) is 9.69. The molecule has 2 heterocycles. The second kappa shape index (κ2) is 7.25. The first-order valence-corrected chi connectivity index (χ1v) is 8.02. The molecule has 0 radical (unpaired) electrons. The summed E-state index contributed by atoms with van der Waals surface area (Å²) in [6.07, 6.45) is 2.55. The second-order valence-corrected chi connectivity index (χ2v) is 5.97. The van der Waals surface area contributed by atoms with Crippen molar-refractivity contribution in [3.8, 4) is 0 Å². The average molecular weight is 309 g/mol. The van der Waals surface area contributed by atoms with E-state index in [1.165, 1.54) is 4.88 Å². The van der Waals surface area contributed by atoms with Crippen molar-refractivity contribution < 1.29 is 9.90 Å². The largest absolute Gasteiger partial charge is 0.481 e. The number of thioether (sulfide) groups is 1. The summed E-state index contributed by atoms with van der Waals surface area (Å²) in [6.45, 7) is 2.76. The summed E-state index contributed by atoms with van der Waals surface area (Å²) >= 11 is 2.82. The average Bonchev–Trinajstić information content (AvgIpc) is 2.92. The van der Waals surface area contributed by atoms with E-state index in [0.29, 0.717) is 5.16 Å². The van der Waals surface area contributed by atoms with E-state index in [1.54, 1.807) is 17.5 Å². The van der Waals surface area contributed by atoms with Crippen molar-refractivity contribution >= 4 is 34.9 Å². The number of aromatic nitrogens is 2. The molecule has 0 aliphatic heterocycles. The van der Waals surface area contributed by atoms with Gasteiger partial charge in [0.25, 0.3) is 0 Å². The zero-order chi connectivity index (χ0) is 14.4. The Bertz CT molecular complexity index is 573. The monoisotopic (exact) mass is 309 g/mol. The fraction of sp³-hybridized carbons (Fsp3) is 0.308. The van der Waals surface area contributed by atoms with Crippen molar-refractivity contribution in [1.82, 2.24) is 9.97 Å². The first kappa shape index (κ1) is 14.8. The lowest BCUT2D eigenvalue weighted by atomic mass is 10.2. The number of anilines is 1. The van der Waals surface area contributed by atoms with Gasteiger partial charge in [0.2, 0.25) is 0 Å². The number of rotatable bonds is 7. The Morgan fingerprint density at radius 1 is 1.55 bits per heavy atom. The number of thiophene rings is 1. The molecule has 0 atom stereocenters. The van der Waals surface area contributed by atoms with E-state index in [1.807, 2.05) is 18.4 Å². The predicted molar refractivity (Wildman–Crippen MR) is 81.7 cm³/mol. The molecule has 106 valence electrons. The minimum absolute atomic E-state index is 0.0319. The SMILES string of the molecule is CCNc1nc(SCC(=O)O)ncc1Cc1cccs1. The van der Waals surface area contributed by atoms with Gasteiger partial charge in [-0.2, -0.15) is 0 Å². The highest BCUT2D eigenvalue weighted by molar-refractivity contribution is 7.99. The van der Waals surface area contributed by atoms with Crippen molar-refractivity contribution in [3.63, 3.8) is 0 Å².